The average molecular weight is 417 g/mol. The number of rotatable bonds is 9. The molecular formula is C25H23NO5. The van der Waals surface area contributed by atoms with E-state index in [1.54, 1.807) is 60.7 Å². The lowest BCUT2D eigenvalue weighted by Gasteiger charge is -2.08. The Labute approximate surface area is 180 Å². The SMILES string of the molecule is CCc1ccc(OCC(=O)OCC(=O)c2ccc(NC(=O)c3ccccc3)cc2)cc1. The van der Waals surface area contributed by atoms with Gasteiger partial charge in [-0.25, -0.2) is 4.79 Å². The van der Waals surface area contributed by atoms with E-state index in [0.717, 1.165) is 6.42 Å². The van der Waals surface area contributed by atoms with Gasteiger partial charge in [-0.2, -0.15) is 0 Å². The first kappa shape index (κ1) is 21.8. The Morgan fingerprint density at radius 3 is 2.10 bits per heavy atom. The Morgan fingerprint density at radius 1 is 0.774 bits per heavy atom. The summed E-state index contributed by atoms with van der Waals surface area (Å²) in [6.07, 6.45) is 0.921. The molecule has 0 radical (unpaired) electrons. The molecule has 158 valence electrons. The number of carbonyl (C=O) groups excluding carboxylic acids is 3. The van der Waals surface area contributed by atoms with Crippen LogP contribution in [0.2, 0.25) is 0 Å². The van der Waals surface area contributed by atoms with Crippen molar-refractivity contribution in [1.29, 1.82) is 0 Å². The van der Waals surface area contributed by atoms with Gasteiger partial charge in [0.2, 0.25) is 0 Å². The number of Topliss-reactive ketones (excluding diaryl/α,β-unsaturated/α-hetero) is 1. The summed E-state index contributed by atoms with van der Waals surface area (Å²) in [5, 5.41) is 2.76. The molecule has 0 saturated heterocycles. The number of nitrogens with one attached hydrogen (secondary N) is 1. The van der Waals surface area contributed by atoms with Gasteiger partial charge in [0.05, 0.1) is 0 Å². The number of benzene rings is 3. The van der Waals surface area contributed by atoms with Crippen LogP contribution in [0.1, 0.15) is 33.2 Å². The first-order chi connectivity index (χ1) is 15.0. The van der Waals surface area contributed by atoms with Gasteiger partial charge in [0.25, 0.3) is 5.91 Å². The number of ketones is 1. The zero-order chi connectivity index (χ0) is 22.1. The summed E-state index contributed by atoms with van der Waals surface area (Å²) in [7, 11) is 0. The zero-order valence-electron chi connectivity index (χ0n) is 17.2. The smallest absolute Gasteiger partial charge is 0.344 e. The van der Waals surface area contributed by atoms with Crippen molar-refractivity contribution < 1.29 is 23.9 Å². The van der Waals surface area contributed by atoms with Gasteiger partial charge < -0.3 is 14.8 Å². The molecule has 3 aromatic rings. The lowest BCUT2D eigenvalue weighted by Crippen LogP contribution is -2.19. The van der Waals surface area contributed by atoms with Crippen LogP contribution in [0.5, 0.6) is 5.75 Å². The van der Waals surface area contributed by atoms with Gasteiger partial charge in [-0.1, -0.05) is 37.3 Å². The molecule has 0 heterocycles. The van der Waals surface area contributed by atoms with Gasteiger partial charge in [0.15, 0.2) is 19.0 Å². The highest BCUT2D eigenvalue weighted by Crippen LogP contribution is 2.14. The minimum Gasteiger partial charge on any atom is -0.482 e. The molecule has 0 spiro atoms. The highest BCUT2D eigenvalue weighted by Gasteiger charge is 2.12. The Balaban J connectivity index is 1.44. The summed E-state index contributed by atoms with van der Waals surface area (Å²) < 4.78 is 10.4. The van der Waals surface area contributed by atoms with Crippen molar-refractivity contribution in [2.75, 3.05) is 18.5 Å². The predicted molar refractivity (Wildman–Crippen MR) is 117 cm³/mol. The average Bonchev–Trinajstić information content (AvgIpc) is 2.82. The van der Waals surface area contributed by atoms with E-state index in [4.69, 9.17) is 9.47 Å². The molecule has 0 aromatic heterocycles. The molecular weight excluding hydrogens is 394 g/mol. The Kier molecular flexibility index (Phi) is 7.54. The second-order valence-corrected chi connectivity index (χ2v) is 6.77. The van der Waals surface area contributed by atoms with Gasteiger partial charge in [-0.15, -0.1) is 0 Å². The van der Waals surface area contributed by atoms with Crippen molar-refractivity contribution in [3.63, 3.8) is 0 Å². The third kappa shape index (κ3) is 6.54. The summed E-state index contributed by atoms with van der Waals surface area (Å²) in [4.78, 5) is 36.2. The van der Waals surface area contributed by atoms with Crippen molar-refractivity contribution in [2.45, 2.75) is 13.3 Å². The number of anilines is 1. The van der Waals surface area contributed by atoms with E-state index in [1.807, 2.05) is 18.2 Å². The minimum absolute atomic E-state index is 0.238. The van der Waals surface area contributed by atoms with Crippen LogP contribution in [0.4, 0.5) is 5.69 Å². The Hall–Kier alpha value is -3.93. The lowest BCUT2D eigenvalue weighted by molar-refractivity contribution is -0.144. The maximum Gasteiger partial charge on any atom is 0.344 e. The third-order valence-corrected chi connectivity index (χ3v) is 4.55. The van der Waals surface area contributed by atoms with Crippen molar-refractivity contribution in [1.82, 2.24) is 0 Å². The lowest BCUT2D eigenvalue weighted by atomic mass is 10.1. The highest BCUT2D eigenvalue weighted by molar-refractivity contribution is 6.04. The molecule has 0 saturated carbocycles. The molecule has 31 heavy (non-hydrogen) atoms. The van der Waals surface area contributed by atoms with Gasteiger partial charge in [0, 0.05) is 16.8 Å². The number of hydrogen-bond donors (Lipinski definition) is 1. The largest absolute Gasteiger partial charge is 0.482 e. The minimum atomic E-state index is -0.625. The van der Waals surface area contributed by atoms with Crippen molar-refractivity contribution in [3.8, 4) is 5.75 Å². The molecule has 3 rings (SSSR count). The van der Waals surface area contributed by atoms with E-state index in [-0.39, 0.29) is 24.9 Å². The quantitative estimate of drug-likeness (QED) is 0.415. The number of amides is 1. The fourth-order valence-electron chi connectivity index (χ4n) is 2.77. The monoisotopic (exact) mass is 417 g/mol. The standard InChI is InChI=1S/C25H23NO5/c1-2-18-8-14-22(15-9-18)30-17-24(28)31-16-23(27)19-10-12-21(13-11-19)26-25(29)20-6-4-3-5-7-20/h3-15H,2,16-17H2,1H3,(H,26,29). The normalized spacial score (nSPS) is 10.2. The van der Waals surface area contributed by atoms with Gasteiger partial charge >= 0.3 is 5.97 Å². The van der Waals surface area contributed by atoms with Crippen LogP contribution in [0.3, 0.4) is 0 Å². The fraction of sp³-hybridized carbons (Fsp3) is 0.160. The van der Waals surface area contributed by atoms with Crippen LogP contribution in [-0.4, -0.2) is 30.9 Å². The van der Waals surface area contributed by atoms with Crippen LogP contribution in [0.25, 0.3) is 0 Å². The number of ether oxygens (including phenoxy) is 2. The first-order valence-electron chi connectivity index (χ1n) is 9.92. The topological polar surface area (TPSA) is 81.7 Å². The fourth-order valence-corrected chi connectivity index (χ4v) is 2.77. The molecule has 1 N–H and O–H groups in total. The van der Waals surface area contributed by atoms with Crippen molar-refractivity contribution in [3.05, 3.63) is 95.6 Å². The molecule has 0 bridgehead atoms. The maximum atomic E-state index is 12.2. The van der Waals surface area contributed by atoms with Gasteiger partial charge in [-0.3, -0.25) is 9.59 Å². The van der Waals surface area contributed by atoms with Crippen LogP contribution in [0.15, 0.2) is 78.9 Å². The molecule has 0 aliphatic rings. The summed E-state index contributed by atoms with van der Waals surface area (Å²) in [5.41, 5.74) is 2.65. The van der Waals surface area contributed by atoms with Crippen LogP contribution in [-0.2, 0) is 16.0 Å². The predicted octanol–water partition coefficient (Wildman–Crippen LogP) is 4.31. The summed E-state index contributed by atoms with van der Waals surface area (Å²) in [5.74, 6) is -0.646. The molecule has 0 atom stereocenters. The molecule has 0 aliphatic carbocycles. The molecule has 6 heteroatoms. The van der Waals surface area contributed by atoms with E-state index < -0.39 is 5.97 Å². The van der Waals surface area contributed by atoms with Crippen molar-refractivity contribution >= 4 is 23.3 Å². The van der Waals surface area contributed by atoms with E-state index in [9.17, 15) is 14.4 Å². The van der Waals surface area contributed by atoms with Crippen LogP contribution < -0.4 is 10.1 Å². The number of aryl methyl sites for hydroxylation is 1. The number of hydrogen-bond acceptors (Lipinski definition) is 5. The molecule has 1 amide bonds. The van der Waals surface area contributed by atoms with E-state index in [2.05, 4.69) is 12.2 Å². The van der Waals surface area contributed by atoms with E-state index in [0.29, 0.717) is 22.6 Å². The van der Waals surface area contributed by atoms with Gasteiger partial charge in [-0.05, 0) is 60.5 Å². The molecule has 0 aliphatic heterocycles. The van der Waals surface area contributed by atoms with E-state index >= 15 is 0 Å². The molecule has 0 fully saturated rings. The Bertz CT molecular complexity index is 1030. The van der Waals surface area contributed by atoms with E-state index in [1.165, 1.54) is 5.56 Å². The summed E-state index contributed by atoms with van der Waals surface area (Å²) >= 11 is 0. The summed E-state index contributed by atoms with van der Waals surface area (Å²) in [6.45, 7) is 1.40. The number of carbonyl (C=O) groups is 3. The van der Waals surface area contributed by atoms with Crippen LogP contribution >= 0.6 is 0 Å². The summed E-state index contributed by atoms with van der Waals surface area (Å²) in [6, 6.07) is 22.6. The second kappa shape index (κ2) is 10.7. The number of esters is 1. The first-order valence-corrected chi connectivity index (χ1v) is 9.92. The second-order valence-electron chi connectivity index (χ2n) is 6.77. The molecule has 0 unspecified atom stereocenters. The zero-order valence-corrected chi connectivity index (χ0v) is 17.2. The molecule has 3 aromatic carbocycles. The van der Waals surface area contributed by atoms with Gasteiger partial charge in [0.1, 0.15) is 5.75 Å². The Morgan fingerprint density at radius 2 is 1.45 bits per heavy atom. The maximum absolute atomic E-state index is 12.2. The van der Waals surface area contributed by atoms with Crippen LogP contribution in [0, 0.1) is 0 Å². The highest BCUT2D eigenvalue weighted by atomic mass is 16.6. The van der Waals surface area contributed by atoms with Crippen molar-refractivity contribution in [2.24, 2.45) is 0 Å². The third-order valence-electron chi connectivity index (χ3n) is 4.55. The molecule has 6 nitrogen and oxygen atoms in total.